The molecule has 0 atom stereocenters. The summed E-state index contributed by atoms with van der Waals surface area (Å²) >= 11 is 0. The Morgan fingerprint density at radius 3 is 2.53 bits per heavy atom. The van der Waals surface area contributed by atoms with E-state index in [1.54, 1.807) is 6.07 Å². The predicted molar refractivity (Wildman–Crippen MR) is 59.0 cm³/mol. The molecule has 1 aromatic rings. The van der Waals surface area contributed by atoms with E-state index in [2.05, 4.69) is 14.7 Å². The Morgan fingerprint density at radius 2 is 1.93 bits per heavy atom. The smallest absolute Gasteiger partial charge is 0.236 e. The van der Waals surface area contributed by atoms with E-state index in [4.69, 9.17) is 0 Å². The maximum Gasteiger partial charge on any atom is 0.236 e. The number of aromatic nitrogens is 2. The van der Waals surface area contributed by atoms with E-state index >= 15 is 0 Å². The van der Waals surface area contributed by atoms with E-state index in [1.165, 1.54) is 12.4 Å². The standard InChI is InChI=1S/C9H15N3O2S/c1-2-3-4-8-15(13,14)12-9-10-6-5-7-11-9/h5-7H,2-4,8H2,1H3,(H,10,11,12). The van der Waals surface area contributed by atoms with Crippen LogP contribution in [0.3, 0.4) is 0 Å². The fourth-order valence-electron chi connectivity index (χ4n) is 1.08. The molecule has 0 radical (unpaired) electrons. The summed E-state index contributed by atoms with van der Waals surface area (Å²) in [5.41, 5.74) is 0. The lowest BCUT2D eigenvalue weighted by molar-refractivity contribution is 0.595. The number of rotatable bonds is 6. The maximum absolute atomic E-state index is 11.5. The van der Waals surface area contributed by atoms with Crippen LogP contribution in [0.25, 0.3) is 0 Å². The molecule has 0 saturated carbocycles. The van der Waals surface area contributed by atoms with Gasteiger partial charge >= 0.3 is 0 Å². The van der Waals surface area contributed by atoms with E-state index in [0.29, 0.717) is 6.42 Å². The van der Waals surface area contributed by atoms with Crippen LogP contribution in [0.15, 0.2) is 18.5 Å². The van der Waals surface area contributed by atoms with Crippen LogP contribution in [0.4, 0.5) is 5.95 Å². The average Bonchev–Trinajstić information content (AvgIpc) is 2.18. The number of nitrogens with zero attached hydrogens (tertiary/aromatic N) is 2. The van der Waals surface area contributed by atoms with Crippen molar-refractivity contribution >= 4 is 16.0 Å². The third-order valence-electron chi connectivity index (χ3n) is 1.83. The van der Waals surface area contributed by atoms with E-state index in [0.717, 1.165) is 12.8 Å². The lowest BCUT2D eigenvalue weighted by Gasteiger charge is -2.04. The van der Waals surface area contributed by atoms with Gasteiger partial charge in [0.25, 0.3) is 0 Å². The molecule has 5 nitrogen and oxygen atoms in total. The fraction of sp³-hybridized carbons (Fsp3) is 0.556. The van der Waals surface area contributed by atoms with E-state index < -0.39 is 10.0 Å². The first-order valence-corrected chi connectivity index (χ1v) is 6.57. The molecular weight excluding hydrogens is 214 g/mol. The van der Waals surface area contributed by atoms with Crippen molar-refractivity contribution < 1.29 is 8.42 Å². The lowest BCUT2D eigenvalue weighted by Crippen LogP contribution is -2.18. The first-order chi connectivity index (χ1) is 7.14. The van der Waals surface area contributed by atoms with Gasteiger partial charge in [0.1, 0.15) is 0 Å². The third kappa shape index (κ3) is 4.73. The molecule has 1 heterocycles. The zero-order valence-corrected chi connectivity index (χ0v) is 9.50. The third-order valence-corrected chi connectivity index (χ3v) is 3.15. The molecule has 0 aliphatic rings. The molecule has 0 amide bonds. The topological polar surface area (TPSA) is 72.0 Å². The van der Waals surface area contributed by atoms with Gasteiger partial charge in [-0.1, -0.05) is 19.8 Å². The van der Waals surface area contributed by atoms with Crippen LogP contribution in [-0.2, 0) is 10.0 Å². The summed E-state index contributed by atoms with van der Waals surface area (Å²) in [6.07, 6.45) is 5.57. The Labute approximate surface area is 90.0 Å². The first-order valence-electron chi connectivity index (χ1n) is 4.91. The number of hydrogen-bond donors (Lipinski definition) is 1. The molecule has 84 valence electrons. The van der Waals surface area contributed by atoms with Gasteiger partial charge in [-0.15, -0.1) is 0 Å². The number of hydrogen-bond acceptors (Lipinski definition) is 4. The number of nitrogens with one attached hydrogen (secondary N) is 1. The van der Waals surface area contributed by atoms with Crippen LogP contribution in [0.1, 0.15) is 26.2 Å². The number of anilines is 1. The molecule has 1 rings (SSSR count). The van der Waals surface area contributed by atoms with Gasteiger partial charge < -0.3 is 0 Å². The molecule has 0 unspecified atom stereocenters. The summed E-state index contributed by atoms with van der Waals surface area (Å²) in [5, 5.41) is 0. The van der Waals surface area contributed by atoms with Crippen molar-refractivity contribution in [2.75, 3.05) is 10.5 Å². The van der Waals surface area contributed by atoms with Gasteiger partial charge in [-0.3, -0.25) is 4.72 Å². The summed E-state index contributed by atoms with van der Waals surface area (Å²) in [6.45, 7) is 2.03. The minimum absolute atomic E-state index is 0.124. The molecule has 15 heavy (non-hydrogen) atoms. The summed E-state index contributed by atoms with van der Waals surface area (Å²) < 4.78 is 25.3. The molecule has 6 heteroatoms. The average molecular weight is 229 g/mol. The lowest BCUT2D eigenvalue weighted by atomic mass is 10.3. The quantitative estimate of drug-likeness (QED) is 0.748. The summed E-state index contributed by atoms with van der Waals surface area (Å²) in [7, 11) is -3.28. The van der Waals surface area contributed by atoms with Crippen molar-refractivity contribution in [2.24, 2.45) is 0 Å². The zero-order chi connectivity index (χ0) is 11.1. The summed E-state index contributed by atoms with van der Waals surface area (Å²) in [5.74, 6) is 0.257. The van der Waals surface area contributed by atoms with Crippen LogP contribution in [0.2, 0.25) is 0 Å². The SMILES string of the molecule is CCCCCS(=O)(=O)Nc1ncccn1. The minimum Gasteiger partial charge on any atom is -0.251 e. The van der Waals surface area contributed by atoms with Crippen molar-refractivity contribution in [2.45, 2.75) is 26.2 Å². The second kappa shape index (κ2) is 5.65. The second-order valence-corrected chi connectivity index (χ2v) is 5.04. The van der Waals surface area contributed by atoms with Gasteiger partial charge in [0.15, 0.2) is 0 Å². The van der Waals surface area contributed by atoms with Crippen molar-refractivity contribution in [1.82, 2.24) is 9.97 Å². The van der Waals surface area contributed by atoms with Gasteiger partial charge in [0, 0.05) is 12.4 Å². The van der Waals surface area contributed by atoms with Crippen LogP contribution in [-0.4, -0.2) is 24.1 Å². The number of sulfonamides is 1. The fourth-order valence-corrected chi connectivity index (χ4v) is 2.15. The van der Waals surface area contributed by atoms with Crippen molar-refractivity contribution in [3.05, 3.63) is 18.5 Å². The normalized spacial score (nSPS) is 11.3. The van der Waals surface area contributed by atoms with Crippen molar-refractivity contribution in [1.29, 1.82) is 0 Å². The van der Waals surface area contributed by atoms with Crippen LogP contribution >= 0.6 is 0 Å². The Balaban J connectivity index is 2.50. The Kier molecular flexibility index (Phi) is 4.48. The Morgan fingerprint density at radius 1 is 1.27 bits per heavy atom. The van der Waals surface area contributed by atoms with Gasteiger partial charge in [0.05, 0.1) is 5.75 Å². The van der Waals surface area contributed by atoms with Crippen molar-refractivity contribution in [3.8, 4) is 0 Å². The van der Waals surface area contributed by atoms with Gasteiger partial charge in [-0.05, 0) is 12.5 Å². The molecule has 0 bridgehead atoms. The highest BCUT2D eigenvalue weighted by Crippen LogP contribution is 2.03. The highest BCUT2D eigenvalue weighted by atomic mass is 32.2. The van der Waals surface area contributed by atoms with Gasteiger partial charge in [-0.2, -0.15) is 0 Å². The molecule has 0 aliphatic carbocycles. The summed E-state index contributed by atoms with van der Waals surface area (Å²) in [4.78, 5) is 7.58. The molecule has 0 aromatic carbocycles. The molecular formula is C9H15N3O2S. The zero-order valence-electron chi connectivity index (χ0n) is 8.68. The molecule has 0 saturated heterocycles. The Hall–Kier alpha value is -1.17. The molecule has 0 fully saturated rings. The van der Waals surface area contributed by atoms with Crippen LogP contribution in [0, 0.1) is 0 Å². The van der Waals surface area contributed by atoms with Crippen LogP contribution < -0.4 is 4.72 Å². The molecule has 0 aliphatic heterocycles. The van der Waals surface area contributed by atoms with Crippen molar-refractivity contribution in [3.63, 3.8) is 0 Å². The molecule has 1 aromatic heterocycles. The Bertz CT molecular complexity index is 378. The van der Waals surface area contributed by atoms with E-state index in [1.807, 2.05) is 6.92 Å². The first kappa shape index (κ1) is 11.9. The second-order valence-electron chi connectivity index (χ2n) is 3.20. The minimum atomic E-state index is -3.28. The number of unbranched alkanes of at least 4 members (excludes halogenated alkanes) is 2. The highest BCUT2D eigenvalue weighted by Gasteiger charge is 2.10. The van der Waals surface area contributed by atoms with Crippen LogP contribution in [0.5, 0.6) is 0 Å². The van der Waals surface area contributed by atoms with Gasteiger partial charge in [0.2, 0.25) is 16.0 Å². The highest BCUT2D eigenvalue weighted by molar-refractivity contribution is 7.92. The van der Waals surface area contributed by atoms with E-state index in [9.17, 15) is 8.42 Å². The van der Waals surface area contributed by atoms with E-state index in [-0.39, 0.29) is 11.7 Å². The maximum atomic E-state index is 11.5. The summed E-state index contributed by atoms with van der Waals surface area (Å²) in [6, 6.07) is 1.63. The largest absolute Gasteiger partial charge is 0.251 e. The predicted octanol–water partition coefficient (Wildman–Crippen LogP) is 1.41. The van der Waals surface area contributed by atoms with Gasteiger partial charge in [-0.25, -0.2) is 18.4 Å². The molecule has 0 spiro atoms. The molecule has 1 N–H and O–H groups in total. The monoisotopic (exact) mass is 229 g/mol.